The molecule has 2 aromatic carbocycles. The predicted octanol–water partition coefficient (Wildman–Crippen LogP) is 3.44. The zero-order chi connectivity index (χ0) is 18.7. The van der Waals surface area contributed by atoms with E-state index in [1.807, 2.05) is 31.2 Å². The molecule has 0 spiro atoms. The maximum Gasteiger partial charge on any atom is 0.258 e. The van der Waals surface area contributed by atoms with Crippen molar-refractivity contribution in [2.75, 3.05) is 14.2 Å². The molecule has 6 nitrogen and oxygen atoms in total. The quantitative estimate of drug-likeness (QED) is 0.692. The Bertz CT molecular complexity index is 987. The normalized spacial score (nSPS) is 12.2. The van der Waals surface area contributed by atoms with E-state index in [1.165, 1.54) is 7.11 Å². The lowest BCUT2D eigenvalue weighted by Gasteiger charge is -2.14. The van der Waals surface area contributed by atoms with Gasteiger partial charge in [-0.15, -0.1) is 0 Å². The molecule has 1 heterocycles. The van der Waals surface area contributed by atoms with Gasteiger partial charge in [-0.3, -0.25) is 4.79 Å². The Hall–Kier alpha value is -2.57. The number of H-pyrrole nitrogens is 1. The molecule has 0 saturated heterocycles. The molecule has 1 aromatic heterocycles. The van der Waals surface area contributed by atoms with Crippen LogP contribution in [0.3, 0.4) is 0 Å². The Kier molecular flexibility index (Phi) is 5.44. The summed E-state index contributed by atoms with van der Waals surface area (Å²) in [5, 5.41) is 4.48. The van der Waals surface area contributed by atoms with Crippen LogP contribution in [0.5, 0.6) is 11.5 Å². The van der Waals surface area contributed by atoms with Crippen molar-refractivity contribution >= 4 is 22.5 Å². The molecule has 3 rings (SSSR count). The van der Waals surface area contributed by atoms with Gasteiger partial charge in [0.15, 0.2) is 11.5 Å². The Morgan fingerprint density at radius 3 is 2.62 bits per heavy atom. The van der Waals surface area contributed by atoms with Crippen LogP contribution in [-0.4, -0.2) is 24.2 Å². The van der Waals surface area contributed by atoms with Crippen LogP contribution in [0.1, 0.15) is 24.4 Å². The number of benzene rings is 2. The standard InChI is InChI=1S/C19H20ClN3O3/c1-11(12-5-4-6-13(20)7-12)21-10-18-22-15-9-17(26-3)16(25-2)8-14(15)19(24)23-18/h4-9,11,21H,10H2,1-3H3,(H,22,23,24)/t11-/m1/s1. The minimum absolute atomic E-state index is 0.0557. The molecule has 0 saturated carbocycles. The molecule has 0 amide bonds. The number of halogens is 1. The topological polar surface area (TPSA) is 76.2 Å². The molecule has 0 radical (unpaired) electrons. The lowest BCUT2D eigenvalue weighted by atomic mass is 10.1. The van der Waals surface area contributed by atoms with Crippen molar-refractivity contribution in [1.82, 2.24) is 15.3 Å². The molecular formula is C19H20ClN3O3. The number of aromatic amines is 1. The fourth-order valence-corrected chi connectivity index (χ4v) is 2.94. The van der Waals surface area contributed by atoms with E-state index in [4.69, 9.17) is 21.1 Å². The SMILES string of the molecule is COc1cc2nc(CN[C@H](C)c3cccc(Cl)c3)[nH]c(=O)c2cc1OC. The number of rotatable bonds is 6. The van der Waals surface area contributed by atoms with Crippen LogP contribution < -0.4 is 20.3 Å². The molecule has 0 fully saturated rings. The smallest absolute Gasteiger partial charge is 0.258 e. The Balaban J connectivity index is 1.85. The summed E-state index contributed by atoms with van der Waals surface area (Å²) in [5.41, 5.74) is 1.40. The van der Waals surface area contributed by atoms with Crippen LogP contribution in [-0.2, 0) is 6.54 Å². The van der Waals surface area contributed by atoms with Gasteiger partial charge in [-0.2, -0.15) is 0 Å². The average molecular weight is 374 g/mol. The number of nitrogens with one attached hydrogen (secondary N) is 2. The second-order valence-electron chi connectivity index (χ2n) is 5.89. The van der Waals surface area contributed by atoms with Gasteiger partial charge in [0.05, 0.1) is 31.7 Å². The lowest BCUT2D eigenvalue weighted by Crippen LogP contribution is -2.22. The van der Waals surface area contributed by atoms with Gasteiger partial charge in [-0.05, 0) is 30.7 Å². The maximum absolute atomic E-state index is 12.4. The molecule has 0 bridgehead atoms. The van der Waals surface area contributed by atoms with E-state index in [0.29, 0.717) is 39.8 Å². The molecule has 3 aromatic rings. The van der Waals surface area contributed by atoms with Gasteiger partial charge >= 0.3 is 0 Å². The minimum Gasteiger partial charge on any atom is -0.493 e. The van der Waals surface area contributed by atoms with E-state index < -0.39 is 0 Å². The van der Waals surface area contributed by atoms with Gasteiger partial charge in [-0.1, -0.05) is 23.7 Å². The fraction of sp³-hybridized carbons (Fsp3) is 0.263. The van der Waals surface area contributed by atoms with Crippen LogP contribution in [0.4, 0.5) is 0 Å². The molecule has 0 aliphatic carbocycles. The van der Waals surface area contributed by atoms with E-state index in [1.54, 1.807) is 19.2 Å². The van der Waals surface area contributed by atoms with Gasteiger partial charge in [0.1, 0.15) is 5.82 Å². The molecule has 0 aliphatic heterocycles. The highest BCUT2D eigenvalue weighted by molar-refractivity contribution is 6.30. The highest BCUT2D eigenvalue weighted by Gasteiger charge is 2.12. The van der Waals surface area contributed by atoms with E-state index >= 15 is 0 Å². The van der Waals surface area contributed by atoms with E-state index in [2.05, 4.69) is 15.3 Å². The lowest BCUT2D eigenvalue weighted by molar-refractivity contribution is 0.355. The summed E-state index contributed by atoms with van der Waals surface area (Å²) in [7, 11) is 3.08. The van der Waals surface area contributed by atoms with Crippen LogP contribution in [0, 0.1) is 0 Å². The minimum atomic E-state index is -0.219. The number of ether oxygens (including phenoxy) is 2. The van der Waals surface area contributed by atoms with E-state index in [9.17, 15) is 4.79 Å². The number of hydrogen-bond acceptors (Lipinski definition) is 5. The largest absolute Gasteiger partial charge is 0.493 e. The molecule has 7 heteroatoms. The maximum atomic E-state index is 12.4. The van der Waals surface area contributed by atoms with Crippen molar-refractivity contribution in [1.29, 1.82) is 0 Å². The highest BCUT2D eigenvalue weighted by Crippen LogP contribution is 2.29. The third-order valence-corrected chi connectivity index (χ3v) is 4.42. The Labute approximate surface area is 156 Å². The zero-order valence-corrected chi connectivity index (χ0v) is 15.6. The van der Waals surface area contributed by atoms with Crippen LogP contribution >= 0.6 is 11.6 Å². The van der Waals surface area contributed by atoms with Gasteiger partial charge < -0.3 is 19.8 Å². The van der Waals surface area contributed by atoms with Crippen molar-refractivity contribution in [3.63, 3.8) is 0 Å². The van der Waals surface area contributed by atoms with Crippen molar-refractivity contribution in [2.24, 2.45) is 0 Å². The van der Waals surface area contributed by atoms with Gasteiger partial charge in [-0.25, -0.2) is 4.98 Å². The summed E-state index contributed by atoms with van der Waals surface area (Å²) in [4.78, 5) is 19.7. The summed E-state index contributed by atoms with van der Waals surface area (Å²) >= 11 is 6.04. The summed E-state index contributed by atoms with van der Waals surface area (Å²) in [5.74, 6) is 1.57. The van der Waals surface area contributed by atoms with Crippen LogP contribution in [0.25, 0.3) is 10.9 Å². The van der Waals surface area contributed by atoms with Crippen molar-refractivity contribution < 1.29 is 9.47 Å². The second-order valence-corrected chi connectivity index (χ2v) is 6.33. The zero-order valence-electron chi connectivity index (χ0n) is 14.8. The first-order valence-electron chi connectivity index (χ1n) is 8.15. The van der Waals surface area contributed by atoms with Crippen LogP contribution in [0.15, 0.2) is 41.2 Å². The molecule has 136 valence electrons. The molecule has 2 N–H and O–H groups in total. The fourth-order valence-electron chi connectivity index (χ4n) is 2.74. The van der Waals surface area contributed by atoms with E-state index in [-0.39, 0.29) is 11.6 Å². The van der Waals surface area contributed by atoms with Crippen LogP contribution in [0.2, 0.25) is 5.02 Å². The third kappa shape index (κ3) is 3.81. The Morgan fingerprint density at radius 2 is 1.92 bits per heavy atom. The molecule has 0 unspecified atom stereocenters. The second kappa shape index (κ2) is 7.76. The molecular weight excluding hydrogens is 354 g/mol. The third-order valence-electron chi connectivity index (χ3n) is 4.18. The highest BCUT2D eigenvalue weighted by atomic mass is 35.5. The molecule has 26 heavy (non-hydrogen) atoms. The predicted molar refractivity (Wildman–Crippen MR) is 102 cm³/mol. The van der Waals surface area contributed by atoms with Gasteiger partial charge in [0.2, 0.25) is 0 Å². The summed E-state index contributed by atoms with van der Waals surface area (Å²) in [6.07, 6.45) is 0. The summed E-state index contributed by atoms with van der Waals surface area (Å²) in [6, 6.07) is 11.0. The number of fused-ring (bicyclic) bond motifs is 1. The monoisotopic (exact) mass is 373 g/mol. The molecule has 1 atom stereocenters. The summed E-state index contributed by atoms with van der Waals surface area (Å²) in [6.45, 7) is 2.44. The number of methoxy groups -OCH3 is 2. The average Bonchev–Trinajstić information content (AvgIpc) is 2.65. The first kappa shape index (κ1) is 18.2. The van der Waals surface area contributed by atoms with Gasteiger partial charge in [0.25, 0.3) is 5.56 Å². The number of aromatic nitrogens is 2. The first-order chi connectivity index (χ1) is 12.5. The number of hydrogen-bond donors (Lipinski definition) is 2. The summed E-state index contributed by atoms with van der Waals surface area (Å²) < 4.78 is 10.5. The number of nitrogens with zero attached hydrogens (tertiary/aromatic N) is 1. The van der Waals surface area contributed by atoms with Crippen molar-refractivity contribution in [3.05, 3.63) is 63.2 Å². The molecule has 0 aliphatic rings. The van der Waals surface area contributed by atoms with Crippen molar-refractivity contribution in [2.45, 2.75) is 19.5 Å². The van der Waals surface area contributed by atoms with E-state index in [0.717, 1.165) is 5.56 Å². The van der Waals surface area contributed by atoms with Crippen molar-refractivity contribution in [3.8, 4) is 11.5 Å². The Morgan fingerprint density at radius 1 is 1.19 bits per heavy atom. The van der Waals surface area contributed by atoms with Gasteiger partial charge in [0, 0.05) is 17.1 Å². The first-order valence-corrected chi connectivity index (χ1v) is 8.53.